The lowest BCUT2D eigenvalue weighted by atomic mass is 10.1. The Morgan fingerprint density at radius 3 is 2.12 bits per heavy atom. The Kier molecular flexibility index (Phi) is 4.97. The predicted octanol–water partition coefficient (Wildman–Crippen LogP) is 5.50. The van der Waals surface area contributed by atoms with E-state index in [4.69, 9.17) is 11.6 Å². The van der Waals surface area contributed by atoms with Crippen LogP contribution in [0.2, 0.25) is 5.02 Å². The van der Waals surface area contributed by atoms with Crippen LogP contribution in [0.4, 0.5) is 5.69 Å². The van der Waals surface area contributed by atoms with Gasteiger partial charge >= 0.3 is 0 Å². The summed E-state index contributed by atoms with van der Waals surface area (Å²) in [5.41, 5.74) is 3.75. The molecule has 0 radical (unpaired) electrons. The second-order valence-corrected chi connectivity index (χ2v) is 6.16. The molecule has 3 aromatic rings. The van der Waals surface area contributed by atoms with Crippen LogP contribution < -0.4 is 4.90 Å². The third kappa shape index (κ3) is 3.84. The number of anilines is 1. The first-order chi connectivity index (χ1) is 11.6. The second kappa shape index (κ2) is 7.33. The molecule has 0 bridgehead atoms. The van der Waals surface area contributed by atoms with Crippen molar-refractivity contribution in [3.8, 4) is 0 Å². The van der Waals surface area contributed by atoms with E-state index in [-0.39, 0.29) is 5.91 Å². The van der Waals surface area contributed by atoms with E-state index in [0.717, 1.165) is 16.8 Å². The molecule has 1 amide bonds. The zero-order chi connectivity index (χ0) is 16.9. The Morgan fingerprint density at radius 1 is 0.875 bits per heavy atom. The Hall–Kier alpha value is -2.58. The van der Waals surface area contributed by atoms with Crippen molar-refractivity contribution in [1.82, 2.24) is 0 Å². The molecule has 120 valence electrons. The van der Waals surface area contributed by atoms with E-state index in [0.29, 0.717) is 17.1 Å². The standard InChI is InChI=1S/C21H18ClNO/c1-16-7-13-20(14-8-16)23(15-17-9-11-19(22)12-10-17)21(24)18-5-3-2-4-6-18/h2-14H,15H2,1H3. The van der Waals surface area contributed by atoms with Crippen LogP contribution in [0.25, 0.3) is 0 Å². The maximum atomic E-state index is 13.0. The van der Waals surface area contributed by atoms with Gasteiger partial charge < -0.3 is 4.90 Å². The van der Waals surface area contributed by atoms with Crippen LogP contribution in [-0.4, -0.2) is 5.91 Å². The molecule has 0 atom stereocenters. The molecule has 3 heteroatoms. The number of hydrogen-bond acceptors (Lipinski definition) is 1. The number of aryl methyl sites for hydroxylation is 1. The molecule has 0 unspecified atom stereocenters. The average Bonchev–Trinajstić information content (AvgIpc) is 2.62. The Bertz CT molecular complexity index is 811. The summed E-state index contributed by atoms with van der Waals surface area (Å²) < 4.78 is 0. The van der Waals surface area contributed by atoms with Crippen LogP contribution in [0, 0.1) is 6.92 Å². The first kappa shape index (κ1) is 16.3. The van der Waals surface area contributed by atoms with Crippen molar-refractivity contribution in [1.29, 1.82) is 0 Å². The summed E-state index contributed by atoms with van der Waals surface area (Å²) in [7, 11) is 0. The fourth-order valence-electron chi connectivity index (χ4n) is 2.51. The third-order valence-electron chi connectivity index (χ3n) is 3.87. The molecule has 3 aromatic carbocycles. The largest absolute Gasteiger partial charge is 0.304 e. The van der Waals surface area contributed by atoms with Crippen molar-refractivity contribution in [2.45, 2.75) is 13.5 Å². The van der Waals surface area contributed by atoms with Crippen LogP contribution in [0.15, 0.2) is 78.9 Å². The van der Waals surface area contributed by atoms with Crippen molar-refractivity contribution < 1.29 is 4.79 Å². The minimum Gasteiger partial charge on any atom is -0.304 e. The molecule has 0 heterocycles. The number of benzene rings is 3. The Morgan fingerprint density at radius 2 is 1.50 bits per heavy atom. The lowest BCUT2D eigenvalue weighted by Gasteiger charge is -2.23. The summed E-state index contributed by atoms with van der Waals surface area (Å²) in [4.78, 5) is 14.8. The predicted molar refractivity (Wildman–Crippen MR) is 99.6 cm³/mol. The molecular weight excluding hydrogens is 318 g/mol. The van der Waals surface area contributed by atoms with E-state index in [9.17, 15) is 4.79 Å². The van der Waals surface area contributed by atoms with Gasteiger partial charge in [-0.3, -0.25) is 4.79 Å². The fourth-order valence-corrected chi connectivity index (χ4v) is 2.64. The first-order valence-corrected chi connectivity index (χ1v) is 8.19. The smallest absolute Gasteiger partial charge is 0.258 e. The summed E-state index contributed by atoms with van der Waals surface area (Å²) >= 11 is 5.96. The van der Waals surface area contributed by atoms with Gasteiger partial charge in [0, 0.05) is 16.3 Å². The summed E-state index contributed by atoms with van der Waals surface area (Å²) in [6, 6.07) is 24.9. The zero-order valence-corrected chi connectivity index (χ0v) is 14.2. The van der Waals surface area contributed by atoms with E-state index < -0.39 is 0 Å². The molecule has 0 saturated carbocycles. The van der Waals surface area contributed by atoms with Gasteiger partial charge in [-0.25, -0.2) is 0 Å². The summed E-state index contributed by atoms with van der Waals surface area (Å²) in [6.45, 7) is 2.53. The number of nitrogens with zero attached hydrogens (tertiary/aromatic N) is 1. The van der Waals surface area contributed by atoms with Crippen molar-refractivity contribution >= 4 is 23.2 Å². The van der Waals surface area contributed by atoms with Crippen LogP contribution in [0.3, 0.4) is 0 Å². The SMILES string of the molecule is Cc1ccc(N(Cc2ccc(Cl)cc2)C(=O)c2ccccc2)cc1. The molecular formula is C21H18ClNO. The lowest BCUT2D eigenvalue weighted by molar-refractivity contribution is 0.0985. The van der Waals surface area contributed by atoms with Crippen molar-refractivity contribution in [2.75, 3.05) is 4.90 Å². The molecule has 24 heavy (non-hydrogen) atoms. The van der Waals surface area contributed by atoms with Crippen molar-refractivity contribution in [3.05, 3.63) is 101 Å². The summed E-state index contributed by atoms with van der Waals surface area (Å²) in [5.74, 6) is -0.0191. The quantitative estimate of drug-likeness (QED) is 0.617. The molecule has 3 rings (SSSR count). The van der Waals surface area contributed by atoms with Crippen LogP contribution in [0.1, 0.15) is 21.5 Å². The number of hydrogen-bond donors (Lipinski definition) is 0. The van der Waals surface area contributed by atoms with Crippen LogP contribution in [-0.2, 0) is 6.54 Å². The van der Waals surface area contributed by atoms with E-state index in [2.05, 4.69) is 0 Å². The van der Waals surface area contributed by atoms with Gasteiger partial charge in [0.25, 0.3) is 5.91 Å². The van der Waals surface area contributed by atoms with Gasteiger partial charge in [0.1, 0.15) is 0 Å². The lowest BCUT2D eigenvalue weighted by Crippen LogP contribution is -2.30. The van der Waals surface area contributed by atoms with Gasteiger partial charge in [-0.1, -0.05) is 59.6 Å². The van der Waals surface area contributed by atoms with Crippen LogP contribution in [0.5, 0.6) is 0 Å². The van der Waals surface area contributed by atoms with Crippen LogP contribution >= 0.6 is 11.6 Å². The van der Waals surface area contributed by atoms with E-state index >= 15 is 0 Å². The highest BCUT2D eigenvalue weighted by Gasteiger charge is 2.18. The minimum atomic E-state index is -0.0191. The van der Waals surface area contributed by atoms with E-state index in [1.54, 1.807) is 4.90 Å². The number of carbonyl (C=O) groups is 1. The molecule has 0 saturated heterocycles. The molecule has 0 aliphatic rings. The number of rotatable bonds is 4. The first-order valence-electron chi connectivity index (χ1n) is 7.81. The van der Waals surface area contributed by atoms with Crippen molar-refractivity contribution in [2.24, 2.45) is 0 Å². The van der Waals surface area contributed by atoms with Crippen molar-refractivity contribution in [3.63, 3.8) is 0 Å². The monoisotopic (exact) mass is 335 g/mol. The van der Waals surface area contributed by atoms with Gasteiger partial charge in [-0.15, -0.1) is 0 Å². The highest BCUT2D eigenvalue weighted by Crippen LogP contribution is 2.21. The molecule has 2 nitrogen and oxygen atoms in total. The maximum Gasteiger partial charge on any atom is 0.258 e. The highest BCUT2D eigenvalue weighted by molar-refractivity contribution is 6.30. The maximum absolute atomic E-state index is 13.0. The molecule has 0 aliphatic carbocycles. The minimum absolute atomic E-state index is 0.0191. The second-order valence-electron chi connectivity index (χ2n) is 5.72. The highest BCUT2D eigenvalue weighted by atomic mass is 35.5. The third-order valence-corrected chi connectivity index (χ3v) is 4.12. The fraction of sp³-hybridized carbons (Fsp3) is 0.0952. The van der Waals surface area contributed by atoms with Gasteiger partial charge in [0.2, 0.25) is 0 Å². The Labute approximate surface area is 147 Å². The normalized spacial score (nSPS) is 10.4. The topological polar surface area (TPSA) is 20.3 Å². The number of carbonyl (C=O) groups excluding carboxylic acids is 1. The van der Waals surface area contributed by atoms with Gasteiger partial charge in [0.05, 0.1) is 6.54 Å². The summed E-state index contributed by atoms with van der Waals surface area (Å²) in [6.07, 6.45) is 0. The molecule has 0 spiro atoms. The zero-order valence-electron chi connectivity index (χ0n) is 13.4. The average molecular weight is 336 g/mol. The van der Waals surface area contributed by atoms with Gasteiger partial charge in [-0.05, 0) is 48.9 Å². The molecule has 0 N–H and O–H groups in total. The van der Waals surface area contributed by atoms with E-state index in [1.807, 2.05) is 85.8 Å². The number of halogens is 1. The number of amides is 1. The van der Waals surface area contributed by atoms with Gasteiger partial charge in [0.15, 0.2) is 0 Å². The molecule has 0 fully saturated rings. The molecule has 0 aliphatic heterocycles. The van der Waals surface area contributed by atoms with Gasteiger partial charge in [-0.2, -0.15) is 0 Å². The molecule has 0 aromatic heterocycles. The summed E-state index contributed by atoms with van der Waals surface area (Å²) in [5, 5.41) is 0.690. The Balaban J connectivity index is 1.95. The van der Waals surface area contributed by atoms with E-state index in [1.165, 1.54) is 0 Å².